The Labute approximate surface area is 116 Å². The fourth-order valence-electron chi connectivity index (χ4n) is 2.59. The Kier molecular flexibility index (Phi) is 4.92. The molecule has 0 radical (unpaired) electrons. The van der Waals surface area contributed by atoms with E-state index in [1.54, 1.807) is 0 Å². The SMILES string of the molecule is CCNC(Cc1ccnc2ccccc12)C(C)CC. The maximum Gasteiger partial charge on any atom is 0.0704 e. The first kappa shape index (κ1) is 14.0. The van der Waals surface area contributed by atoms with Crippen LogP contribution in [0.2, 0.25) is 0 Å². The normalized spacial score (nSPS) is 14.5. The highest BCUT2D eigenvalue weighted by Gasteiger charge is 2.16. The van der Waals surface area contributed by atoms with Crippen molar-refractivity contribution in [3.05, 3.63) is 42.1 Å². The van der Waals surface area contributed by atoms with Crippen LogP contribution in [0.15, 0.2) is 36.5 Å². The Morgan fingerprint density at radius 1 is 1.16 bits per heavy atom. The molecule has 1 N–H and O–H groups in total. The first-order valence-electron chi connectivity index (χ1n) is 7.32. The Bertz CT molecular complexity index is 516. The average Bonchev–Trinajstić information content (AvgIpc) is 2.46. The summed E-state index contributed by atoms with van der Waals surface area (Å²) >= 11 is 0. The highest BCUT2D eigenvalue weighted by atomic mass is 14.9. The van der Waals surface area contributed by atoms with E-state index in [9.17, 15) is 0 Å². The molecule has 0 amide bonds. The number of aromatic nitrogens is 1. The van der Waals surface area contributed by atoms with E-state index in [0.29, 0.717) is 12.0 Å². The van der Waals surface area contributed by atoms with Gasteiger partial charge in [0.1, 0.15) is 0 Å². The zero-order valence-electron chi connectivity index (χ0n) is 12.2. The van der Waals surface area contributed by atoms with Gasteiger partial charge < -0.3 is 5.32 Å². The summed E-state index contributed by atoms with van der Waals surface area (Å²) in [5.41, 5.74) is 2.50. The Morgan fingerprint density at radius 2 is 1.95 bits per heavy atom. The van der Waals surface area contributed by atoms with Crippen molar-refractivity contribution in [3.63, 3.8) is 0 Å². The van der Waals surface area contributed by atoms with Crippen LogP contribution in [0.5, 0.6) is 0 Å². The molecular weight excluding hydrogens is 232 g/mol. The van der Waals surface area contributed by atoms with Gasteiger partial charge in [0.15, 0.2) is 0 Å². The van der Waals surface area contributed by atoms with Gasteiger partial charge in [-0.05, 0) is 36.6 Å². The lowest BCUT2D eigenvalue weighted by atomic mass is 9.91. The lowest BCUT2D eigenvalue weighted by Crippen LogP contribution is -2.36. The lowest BCUT2D eigenvalue weighted by Gasteiger charge is -2.24. The topological polar surface area (TPSA) is 24.9 Å². The fourth-order valence-corrected chi connectivity index (χ4v) is 2.59. The van der Waals surface area contributed by atoms with Crippen molar-refractivity contribution in [3.8, 4) is 0 Å². The van der Waals surface area contributed by atoms with Crippen LogP contribution < -0.4 is 5.32 Å². The number of para-hydroxylation sites is 1. The number of benzene rings is 1. The minimum Gasteiger partial charge on any atom is -0.314 e. The molecule has 1 aromatic heterocycles. The van der Waals surface area contributed by atoms with Gasteiger partial charge in [0, 0.05) is 17.6 Å². The molecule has 0 fully saturated rings. The molecule has 2 nitrogen and oxygen atoms in total. The van der Waals surface area contributed by atoms with Gasteiger partial charge >= 0.3 is 0 Å². The summed E-state index contributed by atoms with van der Waals surface area (Å²) in [6.45, 7) is 7.80. The summed E-state index contributed by atoms with van der Waals surface area (Å²) in [5, 5.41) is 4.91. The molecule has 2 aromatic rings. The van der Waals surface area contributed by atoms with E-state index in [0.717, 1.165) is 18.5 Å². The second-order valence-electron chi connectivity index (χ2n) is 5.24. The van der Waals surface area contributed by atoms with Gasteiger partial charge in [-0.25, -0.2) is 0 Å². The van der Waals surface area contributed by atoms with Crippen molar-refractivity contribution in [2.24, 2.45) is 5.92 Å². The minimum atomic E-state index is 0.542. The quantitative estimate of drug-likeness (QED) is 0.850. The van der Waals surface area contributed by atoms with E-state index in [2.05, 4.69) is 61.4 Å². The van der Waals surface area contributed by atoms with E-state index < -0.39 is 0 Å². The molecule has 0 bridgehead atoms. The molecule has 0 saturated carbocycles. The molecule has 2 heteroatoms. The standard InChI is InChI=1S/C17H24N2/c1-4-13(3)17(18-5-2)12-14-10-11-19-16-9-7-6-8-15(14)16/h6-11,13,17-18H,4-5,12H2,1-3H3. The van der Waals surface area contributed by atoms with Gasteiger partial charge in [-0.2, -0.15) is 0 Å². The highest BCUT2D eigenvalue weighted by Crippen LogP contribution is 2.20. The van der Waals surface area contributed by atoms with E-state index in [4.69, 9.17) is 0 Å². The van der Waals surface area contributed by atoms with Gasteiger partial charge in [0.2, 0.25) is 0 Å². The first-order chi connectivity index (χ1) is 9.26. The van der Waals surface area contributed by atoms with E-state index in [1.165, 1.54) is 17.4 Å². The highest BCUT2D eigenvalue weighted by molar-refractivity contribution is 5.81. The largest absolute Gasteiger partial charge is 0.314 e. The summed E-state index contributed by atoms with van der Waals surface area (Å²) in [6, 6.07) is 11.1. The molecule has 0 spiro atoms. The predicted molar refractivity (Wildman–Crippen MR) is 82.4 cm³/mol. The number of rotatable bonds is 6. The monoisotopic (exact) mass is 256 g/mol. The van der Waals surface area contributed by atoms with Crippen molar-refractivity contribution in [1.82, 2.24) is 10.3 Å². The molecule has 2 atom stereocenters. The van der Waals surface area contributed by atoms with Crippen molar-refractivity contribution in [1.29, 1.82) is 0 Å². The third-order valence-electron chi connectivity index (χ3n) is 3.98. The second-order valence-corrected chi connectivity index (χ2v) is 5.24. The lowest BCUT2D eigenvalue weighted by molar-refractivity contribution is 0.371. The predicted octanol–water partition coefficient (Wildman–Crippen LogP) is 3.80. The fraction of sp³-hybridized carbons (Fsp3) is 0.471. The third-order valence-corrected chi connectivity index (χ3v) is 3.98. The van der Waals surface area contributed by atoms with Crippen molar-refractivity contribution in [2.75, 3.05) is 6.54 Å². The van der Waals surface area contributed by atoms with Crippen molar-refractivity contribution >= 4 is 10.9 Å². The van der Waals surface area contributed by atoms with Crippen LogP contribution in [0.3, 0.4) is 0 Å². The molecule has 0 aliphatic heterocycles. The van der Waals surface area contributed by atoms with Crippen LogP contribution in [-0.4, -0.2) is 17.6 Å². The number of hydrogen-bond donors (Lipinski definition) is 1. The molecule has 2 unspecified atom stereocenters. The number of likely N-dealkylation sites (N-methyl/N-ethyl adjacent to an activating group) is 1. The van der Waals surface area contributed by atoms with Gasteiger partial charge in [-0.15, -0.1) is 0 Å². The number of hydrogen-bond acceptors (Lipinski definition) is 2. The summed E-state index contributed by atoms with van der Waals surface area (Å²) in [5.74, 6) is 0.687. The number of nitrogens with one attached hydrogen (secondary N) is 1. The van der Waals surface area contributed by atoms with Crippen LogP contribution in [0.1, 0.15) is 32.8 Å². The molecule has 2 rings (SSSR count). The number of nitrogens with zero attached hydrogens (tertiary/aromatic N) is 1. The molecule has 1 aromatic carbocycles. The van der Waals surface area contributed by atoms with Gasteiger partial charge in [0.25, 0.3) is 0 Å². The summed E-state index contributed by atoms with van der Waals surface area (Å²) in [7, 11) is 0. The van der Waals surface area contributed by atoms with E-state index >= 15 is 0 Å². The molecule has 0 aliphatic rings. The number of fused-ring (bicyclic) bond motifs is 1. The van der Waals surface area contributed by atoms with Gasteiger partial charge in [-0.1, -0.05) is 45.4 Å². The third kappa shape index (κ3) is 3.32. The molecule has 0 saturated heterocycles. The maximum atomic E-state index is 4.44. The Morgan fingerprint density at radius 3 is 2.68 bits per heavy atom. The molecule has 0 aliphatic carbocycles. The van der Waals surface area contributed by atoms with Crippen LogP contribution in [0, 0.1) is 5.92 Å². The van der Waals surface area contributed by atoms with Gasteiger partial charge in [0.05, 0.1) is 5.52 Å². The van der Waals surface area contributed by atoms with E-state index in [-0.39, 0.29) is 0 Å². The summed E-state index contributed by atoms with van der Waals surface area (Å²) in [6.07, 6.45) is 4.21. The maximum absolute atomic E-state index is 4.44. The van der Waals surface area contributed by atoms with Crippen LogP contribution in [-0.2, 0) is 6.42 Å². The smallest absolute Gasteiger partial charge is 0.0704 e. The van der Waals surface area contributed by atoms with E-state index in [1.807, 2.05) is 6.20 Å². The van der Waals surface area contributed by atoms with Crippen LogP contribution in [0.4, 0.5) is 0 Å². The first-order valence-corrected chi connectivity index (χ1v) is 7.32. The molecule has 1 heterocycles. The minimum absolute atomic E-state index is 0.542. The zero-order valence-corrected chi connectivity index (χ0v) is 12.2. The Hall–Kier alpha value is -1.41. The van der Waals surface area contributed by atoms with Crippen LogP contribution in [0.25, 0.3) is 10.9 Å². The Balaban J connectivity index is 2.28. The molecular formula is C17H24N2. The average molecular weight is 256 g/mol. The van der Waals surface area contributed by atoms with Crippen molar-refractivity contribution < 1.29 is 0 Å². The van der Waals surface area contributed by atoms with Crippen molar-refractivity contribution in [2.45, 2.75) is 39.7 Å². The zero-order chi connectivity index (χ0) is 13.7. The van der Waals surface area contributed by atoms with Crippen LogP contribution >= 0.6 is 0 Å². The molecule has 102 valence electrons. The number of pyridine rings is 1. The van der Waals surface area contributed by atoms with Gasteiger partial charge in [-0.3, -0.25) is 4.98 Å². The summed E-state index contributed by atoms with van der Waals surface area (Å²) in [4.78, 5) is 4.44. The summed E-state index contributed by atoms with van der Waals surface area (Å²) < 4.78 is 0. The molecule has 19 heavy (non-hydrogen) atoms. The second kappa shape index (κ2) is 6.67.